The van der Waals surface area contributed by atoms with E-state index in [4.69, 9.17) is 21.1 Å². The number of rotatable bonds is 5. The molecule has 0 unspecified atom stereocenters. The molecule has 0 aliphatic carbocycles. The van der Waals surface area contributed by atoms with Gasteiger partial charge in [-0.1, -0.05) is 30.3 Å². The molecule has 0 aliphatic heterocycles. The SMILES string of the molecule is C=C(Cl)C(OC(=O)C=CC)OC(=O)C=CC. The summed E-state index contributed by atoms with van der Waals surface area (Å²) >= 11 is 5.54. The molecule has 4 nitrogen and oxygen atoms in total. The fraction of sp³-hybridized carbons (Fsp3) is 0.273. The normalized spacial score (nSPS) is 12.7. The van der Waals surface area contributed by atoms with Crippen molar-refractivity contribution in [3.8, 4) is 0 Å². The second-order valence-corrected chi connectivity index (χ2v) is 3.14. The van der Waals surface area contributed by atoms with E-state index in [2.05, 4.69) is 6.58 Å². The standard InChI is InChI=1S/C11H13ClO4/c1-4-6-9(13)15-11(8(3)12)16-10(14)7-5-2/h4-7,11H,3H2,1-2H3. The maximum Gasteiger partial charge on any atom is 0.333 e. The monoisotopic (exact) mass is 244 g/mol. The molecule has 0 fully saturated rings. The van der Waals surface area contributed by atoms with Crippen LogP contribution >= 0.6 is 11.6 Å². The van der Waals surface area contributed by atoms with Crippen LogP contribution in [0.3, 0.4) is 0 Å². The summed E-state index contributed by atoms with van der Waals surface area (Å²) in [6, 6.07) is 0. The first-order valence-corrected chi connectivity index (χ1v) is 4.90. The first kappa shape index (κ1) is 14.5. The number of carbonyl (C=O) groups excluding carboxylic acids is 2. The second-order valence-electron chi connectivity index (χ2n) is 2.65. The Hall–Kier alpha value is -1.55. The van der Waals surface area contributed by atoms with E-state index in [1.165, 1.54) is 24.3 Å². The van der Waals surface area contributed by atoms with Gasteiger partial charge in [-0.2, -0.15) is 0 Å². The summed E-state index contributed by atoms with van der Waals surface area (Å²) in [6.07, 6.45) is 4.05. The number of carbonyl (C=O) groups is 2. The predicted octanol–water partition coefficient (Wildman–Crippen LogP) is 2.30. The number of esters is 2. The average Bonchev–Trinajstić information content (AvgIpc) is 2.17. The molecule has 0 aromatic heterocycles. The molecule has 0 saturated carbocycles. The molecular formula is C11H13ClO4. The van der Waals surface area contributed by atoms with E-state index in [9.17, 15) is 9.59 Å². The van der Waals surface area contributed by atoms with Crippen molar-refractivity contribution in [2.75, 3.05) is 0 Å². The van der Waals surface area contributed by atoms with Crippen molar-refractivity contribution in [1.82, 2.24) is 0 Å². The van der Waals surface area contributed by atoms with E-state index in [-0.39, 0.29) is 5.03 Å². The van der Waals surface area contributed by atoms with Gasteiger partial charge >= 0.3 is 11.9 Å². The van der Waals surface area contributed by atoms with Gasteiger partial charge in [-0.15, -0.1) is 0 Å². The lowest BCUT2D eigenvalue weighted by Gasteiger charge is -2.14. The van der Waals surface area contributed by atoms with E-state index in [0.29, 0.717) is 0 Å². The van der Waals surface area contributed by atoms with Crippen molar-refractivity contribution in [2.45, 2.75) is 20.1 Å². The number of ether oxygens (including phenoxy) is 2. The minimum atomic E-state index is -1.28. The van der Waals surface area contributed by atoms with E-state index >= 15 is 0 Å². The minimum Gasteiger partial charge on any atom is -0.416 e. The van der Waals surface area contributed by atoms with Gasteiger partial charge in [0.2, 0.25) is 0 Å². The van der Waals surface area contributed by atoms with Gasteiger partial charge in [-0.25, -0.2) is 9.59 Å². The van der Waals surface area contributed by atoms with Gasteiger partial charge in [0.25, 0.3) is 6.29 Å². The van der Waals surface area contributed by atoms with Gasteiger partial charge in [-0.05, 0) is 13.8 Å². The highest BCUT2D eigenvalue weighted by molar-refractivity contribution is 6.29. The van der Waals surface area contributed by atoms with Crippen LogP contribution in [0.1, 0.15) is 13.8 Å². The highest BCUT2D eigenvalue weighted by Crippen LogP contribution is 2.12. The van der Waals surface area contributed by atoms with Crippen LogP contribution in [-0.2, 0) is 19.1 Å². The minimum absolute atomic E-state index is 0.0873. The third-order valence-corrected chi connectivity index (χ3v) is 1.49. The number of halogens is 1. The number of hydrogen-bond acceptors (Lipinski definition) is 4. The van der Waals surface area contributed by atoms with Gasteiger partial charge in [0.05, 0.1) is 5.03 Å². The Bertz CT molecular complexity index is 305. The molecule has 0 bridgehead atoms. The predicted molar refractivity (Wildman–Crippen MR) is 60.6 cm³/mol. The van der Waals surface area contributed by atoms with Crippen LogP contribution in [0, 0.1) is 0 Å². The lowest BCUT2D eigenvalue weighted by atomic mass is 10.5. The van der Waals surface area contributed by atoms with Crippen LogP contribution in [-0.4, -0.2) is 18.2 Å². The molecule has 0 spiro atoms. The Labute approximate surface area is 99.2 Å². The zero-order valence-corrected chi connectivity index (χ0v) is 9.86. The van der Waals surface area contributed by atoms with Crippen LogP contribution in [0.2, 0.25) is 0 Å². The maximum absolute atomic E-state index is 11.1. The lowest BCUT2D eigenvalue weighted by molar-refractivity contribution is -0.172. The molecule has 0 N–H and O–H groups in total. The van der Waals surface area contributed by atoms with Crippen LogP contribution in [0.4, 0.5) is 0 Å². The molecule has 0 heterocycles. The zero-order chi connectivity index (χ0) is 12.6. The van der Waals surface area contributed by atoms with E-state index < -0.39 is 18.2 Å². The number of hydrogen-bond donors (Lipinski definition) is 0. The Kier molecular flexibility index (Phi) is 6.96. The van der Waals surface area contributed by atoms with Crippen molar-refractivity contribution < 1.29 is 19.1 Å². The first-order valence-electron chi connectivity index (χ1n) is 4.52. The summed E-state index contributed by atoms with van der Waals surface area (Å²) in [5.41, 5.74) is 0. The molecule has 0 amide bonds. The molecule has 0 radical (unpaired) electrons. The van der Waals surface area contributed by atoms with Gasteiger partial charge in [0.15, 0.2) is 0 Å². The van der Waals surface area contributed by atoms with Crippen LogP contribution in [0.15, 0.2) is 35.9 Å². The van der Waals surface area contributed by atoms with Crippen molar-refractivity contribution in [2.24, 2.45) is 0 Å². The van der Waals surface area contributed by atoms with Gasteiger partial charge < -0.3 is 9.47 Å². The Balaban J connectivity index is 4.45. The van der Waals surface area contributed by atoms with Gasteiger partial charge in [-0.3, -0.25) is 0 Å². The maximum atomic E-state index is 11.1. The summed E-state index contributed by atoms with van der Waals surface area (Å²) in [7, 11) is 0. The van der Waals surface area contributed by atoms with Crippen LogP contribution in [0.25, 0.3) is 0 Å². The van der Waals surface area contributed by atoms with Crippen molar-refractivity contribution >= 4 is 23.5 Å². The molecule has 0 saturated heterocycles. The van der Waals surface area contributed by atoms with Crippen LogP contribution in [0.5, 0.6) is 0 Å². The van der Waals surface area contributed by atoms with E-state index in [1.807, 2.05) is 0 Å². The molecule has 5 heteroatoms. The topological polar surface area (TPSA) is 52.6 Å². The third-order valence-electron chi connectivity index (χ3n) is 1.31. The summed E-state index contributed by atoms with van der Waals surface area (Å²) in [4.78, 5) is 22.2. The summed E-state index contributed by atoms with van der Waals surface area (Å²) < 4.78 is 9.47. The highest BCUT2D eigenvalue weighted by Gasteiger charge is 2.18. The van der Waals surface area contributed by atoms with Crippen molar-refractivity contribution in [3.05, 3.63) is 35.9 Å². The zero-order valence-electron chi connectivity index (χ0n) is 9.10. The fourth-order valence-corrected chi connectivity index (χ4v) is 0.803. The summed E-state index contributed by atoms with van der Waals surface area (Å²) in [5, 5.41) is -0.0873. The molecule has 88 valence electrons. The Morgan fingerprint density at radius 1 is 1.12 bits per heavy atom. The van der Waals surface area contributed by atoms with Crippen molar-refractivity contribution in [1.29, 1.82) is 0 Å². The molecule has 0 aliphatic rings. The quantitative estimate of drug-likeness (QED) is 0.423. The molecular weight excluding hydrogens is 232 g/mol. The van der Waals surface area contributed by atoms with E-state index in [1.54, 1.807) is 13.8 Å². The lowest BCUT2D eigenvalue weighted by Crippen LogP contribution is -2.23. The molecule has 0 rings (SSSR count). The first-order chi connectivity index (χ1) is 7.51. The average molecular weight is 245 g/mol. The third kappa shape index (κ3) is 6.03. The molecule has 0 aromatic rings. The number of allylic oxidation sites excluding steroid dienone is 2. The van der Waals surface area contributed by atoms with Crippen molar-refractivity contribution in [3.63, 3.8) is 0 Å². The summed E-state index contributed by atoms with van der Waals surface area (Å²) in [5.74, 6) is -1.33. The van der Waals surface area contributed by atoms with E-state index in [0.717, 1.165) is 0 Å². The van der Waals surface area contributed by atoms with Gasteiger partial charge in [0, 0.05) is 12.2 Å². The Morgan fingerprint density at radius 2 is 1.50 bits per heavy atom. The molecule has 0 atom stereocenters. The Morgan fingerprint density at radius 3 is 1.75 bits per heavy atom. The smallest absolute Gasteiger partial charge is 0.333 e. The largest absolute Gasteiger partial charge is 0.416 e. The molecule has 16 heavy (non-hydrogen) atoms. The second kappa shape index (κ2) is 7.70. The summed E-state index contributed by atoms with van der Waals surface area (Å²) in [6.45, 7) is 6.65. The highest BCUT2D eigenvalue weighted by atomic mass is 35.5. The fourth-order valence-electron chi connectivity index (χ4n) is 0.714. The molecule has 0 aromatic carbocycles. The van der Waals surface area contributed by atoms with Crippen LogP contribution < -0.4 is 0 Å². The van der Waals surface area contributed by atoms with Gasteiger partial charge in [0.1, 0.15) is 0 Å².